The van der Waals surface area contributed by atoms with Crippen LogP contribution in [0.15, 0.2) is 29.2 Å². The predicted octanol–water partition coefficient (Wildman–Crippen LogP) is 3.80. The predicted molar refractivity (Wildman–Crippen MR) is 122 cm³/mol. The molecule has 1 N–H and O–H groups in total. The van der Waals surface area contributed by atoms with E-state index in [1.165, 1.54) is 12.3 Å². The van der Waals surface area contributed by atoms with Crippen LogP contribution in [0.3, 0.4) is 0 Å². The summed E-state index contributed by atoms with van der Waals surface area (Å²) in [6, 6.07) is 5.66. The lowest BCUT2D eigenvalue weighted by Crippen LogP contribution is -2.50. The smallest absolute Gasteiger partial charge is 0.341 e. The molecule has 1 fully saturated rings. The molecule has 1 atom stereocenters. The number of hydrogen-bond acceptors (Lipinski definition) is 5. The van der Waals surface area contributed by atoms with E-state index in [9.17, 15) is 14.7 Å². The summed E-state index contributed by atoms with van der Waals surface area (Å²) >= 11 is 2.25. The normalized spacial score (nSPS) is 18.5. The molecule has 0 radical (unpaired) electrons. The number of aromatic carboxylic acids is 1. The highest BCUT2D eigenvalue weighted by Crippen LogP contribution is 2.49. The number of carboxylic acids is 1. The number of carbonyl (C=O) groups is 1. The van der Waals surface area contributed by atoms with Gasteiger partial charge in [-0.25, -0.2) is 4.79 Å². The Morgan fingerprint density at radius 1 is 1.30 bits per heavy atom. The first-order valence-corrected chi connectivity index (χ1v) is 11.1. The molecule has 0 amide bonds. The fourth-order valence-electron chi connectivity index (χ4n) is 4.50. The van der Waals surface area contributed by atoms with E-state index in [0.29, 0.717) is 13.2 Å². The summed E-state index contributed by atoms with van der Waals surface area (Å²) in [5, 5.41) is 11.7. The molecule has 2 aromatic rings. The molecule has 0 spiro atoms. The Bertz CT molecular complexity index is 1060. The van der Waals surface area contributed by atoms with Crippen LogP contribution < -0.4 is 15.2 Å². The van der Waals surface area contributed by atoms with Crippen molar-refractivity contribution in [2.45, 2.75) is 44.7 Å². The second kappa shape index (κ2) is 7.88. The van der Waals surface area contributed by atoms with Crippen LogP contribution in [0.25, 0.3) is 11.3 Å². The summed E-state index contributed by atoms with van der Waals surface area (Å²) < 4.78 is 13.9. The van der Waals surface area contributed by atoms with Crippen molar-refractivity contribution < 1.29 is 19.4 Å². The average molecular weight is 524 g/mol. The Balaban J connectivity index is 1.86. The Labute approximate surface area is 188 Å². The van der Waals surface area contributed by atoms with Gasteiger partial charge in [0.1, 0.15) is 11.3 Å². The zero-order valence-electron chi connectivity index (χ0n) is 17.3. The van der Waals surface area contributed by atoms with Crippen molar-refractivity contribution in [1.82, 2.24) is 4.68 Å². The minimum atomic E-state index is -1.20. The first-order valence-electron chi connectivity index (χ1n) is 10.00. The highest BCUT2D eigenvalue weighted by molar-refractivity contribution is 14.1. The molecule has 4 rings (SSSR count). The molecule has 160 valence electrons. The van der Waals surface area contributed by atoms with Crippen LogP contribution in [0.1, 0.15) is 55.1 Å². The van der Waals surface area contributed by atoms with Crippen LogP contribution >= 0.6 is 22.6 Å². The highest BCUT2D eigenvalue weighted by Gasteiger charge is 2.45. The largest absolute Gasteiger partial charge is 0.492 e. The second-order valence-electron chi connectivity index (χ2n) is 8.36. The van der Waals surface area contributed by atoms with Gasteiger partial charge in [0, 0.05) is 38.0 Å². The maximum absolute atomic E-state index is 12.5. The van der Waals surface area contributed by atoms with E-state index < -0.39 is 11.4 Å². The number of fused-ring (bicyclic) bond motifs is 6. The summed E-state index contributed by atoms with van der Waals surface area (Å²) in [6.45, 7) is 5.51. The molecule has 8 heteroatoms. The molecule has 7 nitrogen and oxygen atoms in total. The van der Waals surface area contributed by atoms with Crippen molar-refractivity contribution in [2.75, 3.05) is 25.3 Å². The van der Waals surface area contributed by atoms with Crippen LogP contribution in [0.4, 0.5) is 0 Å². The lowest BCUT2D eigenvalue weighted by Gasteiger charge is -2.44. The van der Waals surface area contributed by atoms with Gasteiger partial charge in [0.2, 0.25) is 0 Å². The average Bonchev–Trinajstić information content (AvgIpc) is 3.01. The third-order valence-corrected chi connectivity index (χ3v) is 6.77. The molecule has 0 unspecified atom stereocenters. The number of rotatable bonds is 6. The SMILES string of the molecule is COCCCOc1cc2c(cc1I)-c1cc(=O)c(C(=O)O)cn1N1[C@@H]2CCC1(C)C. The van der Waals surface area contributed by atoms with E-state index in [1.807, 2.05) is 10.7 Å². The van der Waals surface area contributed by atoms with Crippen LogP contribution in [0, 0.1) is 3.57 Å². The number of ether oxygens (including phenoxy) is 2. The van der Waals surface area contributed by atoms with Gasteiger partial charge >= 0.3 is 5.97 Å². The molecule has 1 aromatic carbocycles. The summed E-state index contributed by atoms with van der Waals surface area (Å²) in [5.41, 5.74) is 1.92. The van der Waals surface area contributed by atoms with Gasteiger partial charge in [-0.15, -0.1) is 0 Å². The van der Waals surface area contributed by atoms with Crippen LogP contribution in [-0.4, -0.2) is 41.6 Å². The fourth-order valence-corrected chi connectivity index (χ4v) is 5.13. The van der Waals surface area contributed by atoms with E-state index in [1.54, 1.807) is 7.11 Å². The molecule has 1 saturated heterocycles. The Hall–Kier alpha value is -2.07. The van der Waals surface area contributed by atoms with Crippen molar-refractivity contribution in [3.05, 3.63) is 49.3 Å². The standard InChI is InChI=1S/C22H25IN2O5/c1-22(2)6-5-17-14-10-20(30-8-4-7-29-3)16(23)9-13(14)18-11-19(26)15(21(27)28)12-24(18)25(17)22/h9-12,17H,4-8H2,1-3H3,(H,27,28)/t17-/m1/s1. The second-order valence-corrected chi connectivity index (χ2v) is 9.52. The van der Waals surface area contributed by atoms with Gasteiger partial charge in [-0.2, -0.15) is 0 Å². The fraction of sp³-hybridized carbons (Fsp3) is 0.455. The first-order chi connectivity index (χ1) is 14.2. The summed E-state index contributed by atoms with van der Waals surface area (Å²) in [7, 11) is 1.67. The zero-order chi connectivity index (χ0) is 21.6. The van der Waals surface area contributed by atoms with Gasteiger partial charge in [-0.1, -0.05) is 0 Å². The Morgan fingerprint density at radius 2 is 2.07 bits per heavy atom. The molecule has 2 aliphatic rings. The molecule has 2 aliphatic heterocycles. The summed E-state index contributed by atoms with van der Waals surface area (Å²) in [6.07, 6.45) is 4.19. The number of hydrogen-bond donors (Lipinski definition) is 1. The van der Waals surface area contributed by atoms with Crippen molar-refractivity contribution in [3.8, 4) is 17.0 Å². The first kappa shape index (κ1) is 21.2. The molecule has 0 saturated carbocycles. The topological polar surface area (TPSA) is 81.0 Å². The number of pyridine rings is 1. The number of halogens is 1. The molecule has 0 bridgehead atoms. The maximum atomic E-state index is 12.5. The Morgan fingerprint density at radius 3 is 2.77 bits per heavy atom. The van der Waals surface area contributed by atoms with Crippen LogP contribution in [-0.2, 0) is 4.74 Å². The maximum Gasteiger partial charge on any atom is 0.341 e. The van der Waals surface area contributed by atoms with Crippen LogP contribution in [0.5, 0.6) is 5.75 Å². The number of nitrogens with zero attached hydrogens (tertiary/aromatic N) is 2. The van der Waals surface area contributed by atoms with Gasteiger partial charge in [-0.3, -0.25) is 14.5 Å². The summed E-state index contributed by atoms with van der Waals surface area (Å²) in [4.78, 5) is 24.1. The van der Waals surface area contributed by atoms with E-state index >= 15 is 0 Å². The van der Waals surface area contributed by atoms with Crippen molar-refractivity contribution in [2.24, 2.45) is 0 Å². The molecular formula is C22H25IN2O5. The monoisotopic (exact) mass is 524 g/mol. The van der Waals surface area contributed by atoms with E-state index in [-0.39, 0.29) is 17.1 Å². The molecule has 30 heavy (non-hydrogen) atoms. The molecule has 3 heterocycles. The quantitative estimate of drug-likeness (QED) is 0.458. The van der Waals surface area contributed by atoms with Crippen molar-refractivity contribution >= 4 is 28.6 Å². The third-order valence-electron chi connectivity index (χ3n) is 5.93. The summed E-state index contributed by atoms with van der Waals surface area (Å²) in [5.74, 6) is -0.378. The lowest BCUT2D eigenvalue weighted by molar-refractivity contribution is 0.0694. The zero-order valence-corrected chi connectivity index (χ0v) is 19.4. The van der Waals surface area contributed by atoms with Gasteiger partial charge in [0.25, 0.3) is 0 Å². The van der Waals surface area contributed by atoms with Gasteiger partial charge in [-0.05, 0) is 67.0 Å². The number of aromatic nitrogens is 1. The number of benzene rings is 1. The van der Waals surface area contributed by atoms with E-state index in [4.69, 9.17) is 9.47 Å². The third kappa shape index (κ3) is 3.49. The van der Waals surface area contributed by atoms with Crippen molar-refractivity contribution in [1.29, 1.82) is 0 Å². The molecule has 0 aliphatic carbocycles. The number of methoxy groups -OCH3 is 1. The Kier molecular flexibility index (Phi) is 5.56. The molecular weight excluding hydrogens is 499 g/mol. The highest BCUT2D eigenvalue weighted by atomic mass is 127. The van der Waals surface area contributed by atoms with Gasteiger partial charge < -0.3 is 14.6 Å². The van der Waals surface area contributed by atoms with Gasteiger partial charge in [0.15, 0.2) is 5.43 Å². The van der Waals surface area contributed by atoms with Gasteiger partial charge in [0.05, 0.1) is 27.5 Å². The lowest BCUT2D eigenvalue weighted by atomic mass is 9.94. The van der Waals surface area contributed by atoms with Crippen LogP contribution in [0.2, 0.25) is 0 Å². The molecule has 1 aromatic heterocycles. The van der Waals surface area contributed by atoms with Crippen molar-refractivity contribution in [3.63, 3.8) is 0 Å². The van der Waals surface area contributed by atoms with E-state index in [2.05, 4.69) is 47.5 Å². The number of carboxylic acid groups (broad SMARTS) is 1. The minimum Gasteiger partial charge on any atom is -0.492 e. The minimum absolute atomic E-state index is 0.0879. The van der Waals surface area contributed by atoms with E-state index in [0.717, 1.165) is 45.4 Å².